The van der Waals surface area contributed by atoms with Crippen molar-refractivity contribution in [1.82, 2.24) is 0 Å². The minimum absolute atomic E-state index is 0.0949. The summed E-state index contributed by atoms with van der Waals surface area (Å²) in [5.41, 5.74) is 0.541. The van der Waals surface area contributed by atoms with Gasteiger partial charge in [0.25, 0.3) is 0 Å². The van der Waals surface area contributed by atoms with Gasteiger partial charge in [0.1, 0.15) is 0 Å². The summed E-state index contributed by atoms with van der Waals surface area (Å²) >= 11 is 0. The summed E-state index contributed by atoms with van der Waals surface area (Å²) in [7, 11) is 0. The van der Waals surface area contributed by atoms with Crippen molar-refractivity contribution < 1.29 is 10.2 Å². The van der Waals surface area contributed by atoms with Gasteiger partial charge in [-0.3, -0.25) is 0 Å². The van der Waals surface area contributed by atoms with E-state index in [1.54, 1.807) is 19.9 Å². The Balaban J connectivity index is 3.62. The summed E-state index contributed by atoms with van der Waals surface area (Å²) in [6.45, 7) is 5.64. The van der Waals surface area contributed by atoms with Crippen LogP contribution in [0.2, 0.25) is 0 Å². The van der Waals surface area contributed by atoms with Crippen molar-refractivity contribution in [2.24, 2.45) is 0 Å². The molecule has 0 aliphatic heterocycles. The highest BCUT2D eigenvalue weighted by molar-refractivity contribution is 4.98. The first kappa shape index (κ1) is 10.7. The summed E-state index contributed by atoms with van der Waals surface area (Å²) in [5, 5.41) is 17.9. The Hall–Kier alpha value is -0.340. The van der Waals surface area contributed by atoms with E-state index >= 15 is 0 Å². The highest BCUT2D eigenvalue weighted by atomic mass is 16.3. The number of allylic oxidation sites excluding steroid dienone is 1. The predicted octanol–water partition coefficient (Wildman–Crippen LogP) is 1.48. The molecule has 0 atom stereocenters. The third-order valence-electron chi connectivity index (χ3n) is 1.57. The number of aliphatic hydroxyl groups is 2. The molecule has 0 saturated carbocycles. The number of hydrogen-bond donors (Lipinski definition) is 2. The minimum Gasteiger partial charge on any atom is -0.392 e. The van der Waals surface area contributed by atoms with Crippen LogP contribution in [0.15, 0.2) is 11.6 Å². The van der Waals surface area contributed by atoms with E-state index < -0.39 is 5.60 Å². The van der Waals surface area contributed by atoms with Crippen LogP contribution in [-0.4, -0.2) is 22.4 Å². The summed E-state index contributed by atoms with van der Waals surface area (Å²) < 4.78 is 0. The highest BCUT2D eigenvalue weighted by Crippen LogP contribution is 2.14. The van der Waals surface area contributed by atoms with Gasteiger partial charge in [0, 0.05) is 0 Å². The van der Waals surface area contributed by atoms with Crippen LogP contribution in [0.25, 0.3) is 0 Å². The third kappa shape index (κ3) is 7.56. The van der Waals surface area contributed by atoms with Gasteiger partial charge < -0.3 is 10.2 Å². The van der Waals surface area contributed by atoms with Gasteiger partial charge in [0.15, 0.2) is 0 Å². The zero-order chi connectivity index (χ0) is 8.91. The topological polar surface area (TPSA) is 40.5 Å². The lowest BCUT2D eigenvalue weighted by Gasteiger charge is -2.16. The lowest BCUT2D eigenvalue weighted by atomic mass is 9.99. The number of hydrogen-bond acceptors (Lipinski definition) is 2. The van der Waals surface area contributed by atoms with Crippen LogP contribution in [-0.2, 0) is 0 Å². The van der Waals surface area contributed by atoms with Crippen molar-refractivity contribution in [1.29, 1.82) is 0 Å². The van der Waals surface area contributed by atoms with Gasteiger partial charge in [0.05, 0.1) is 12.2 Å². The van der Waals surface area contributed by atoms with Gasteiger partial charge in [-0.05, 0) is 33.6 Å². The van der Waals surface area contributed by atoms with Crippen molar-refractivity contribution in [2.75, 3.05) is 6.61 Å². The fourth-order valence-electron chi connectivity index (χ4n) is 0.761. The van der Waals surface area contributed by atoms with E-state index in [1.807, 2.05) is 6.92 Å². The molecule has 2 heteroatoms. The second kappa shape index (κ2) is 4.52. The molecular weight excluding hydrogens is 140 g/mol. The van der Waals surface area contributed by atoms with Crippen LogP contribution in [0.3, 0.4) is 0 Å². The molecule has 0 fully saturated rings. The van der Waals surface area contributed by atoms with Crippen molar-refractivity contribution in [3.63, 3.8) is 0 Å². The average molecular weight is 158 g/mol. The first-order chi connectivity index (χ1) is 4.95. The summed E-state index contributed by atoms with van der Waals surface area (Å²) in [5.74, 6) is 0. The third-order valence-corrected chi connectivity index (χ3v) is 1.57. The van der Waals surface area contributed by atoms with Crippen LogP contribution in [0.1, 0.15) is 33.6 Å². The summed E-state index contributed by atoms with van der Waals surface area (Å²) in [4.78, 5) is 0. The average Bonchev–Trinajstić information content (AvgIpc) is 1.83. The molecule has 0 aromatic carbocycles. The van der Waals surface area contributed by atoms with E-state index in [2.05, 4.69) is 0 Å². The molecule has 0 amide bonds. The van der Waals surface area contributed by atoms with Gasteiger partial charge in [-0.15, -0.1) is 0 Å². The van der Waals surface area contributed by atoms with E-state index in [9.17, 15) is 5.11 Å². The maximum atomic E-state index is 9.35. The Kier molecular flexibility index (Phi) is 4.38. The normalized spacial score (nSPS) is 13.7. The van der Waals surface area contributed by atoms with Crippen LogP contribution in [0.4, 0.5) is 0 Å². The van der Waals surface area contributed by atoms with Gasteiger partial charge in [0.2, 0.25) is 0 Å². The van der Waals surface area contributed by atoms with Gasteiger partial charge in [-0.25, -0.2) is 0 Å². The Labute approximate surface area is 68.6 Å². The largest absolute Gasteiger partial charge is 0.392 e. The fraction of sp³-hybridized carbons (Fsp3) is 0.778. The second-order valence-electron chi connectivity index (χ2n) is 3.55. The van der Waals surface area contributed by atoms with E-state index in [1.165, 1.54) is 0 Å². The summed E-state index contributed by atoms with van der Waals surface area (Å²) in [6, 6.07) is 0. The molecule has 0 heterocycles. The first-order valence-corrected chi connectivity index (χ1v) is 3.94. The van der Waals surface area contributed by atoms with Crippen LogP contribution >= 0.6 is 0 Å². The minimum atomic E-state index is -0.593. The Morgan fingerprint density at radius 1 is 1.45 bits per heavy atom. The van der Waals surface area contributed by atoms with E-state index in [-0.39, 0.29) is 6.61 Å². The molecule has 0 rings (SSSR count). The smallest absolute Gasteiger partial charge is 0.0614 e. The quantitative estimate of drug-likeness (QED) is 0.608. The fourth-order valence-corrected chi connectivity index (χ4v) is 0.761. The summed E-state index contributed by atoms with van der Waals surface area (Å²) in [6.07, 6.45) is 3.37. The SMILES string of the molecule is C/C(=C\CO)CCC(C)(C)O. The lowest BCUT2D eigenvalue weighted by molar-refractivity contribution is 0.0713. The van der Waals surface area contributed by atoms with Gasteiger partial charge in [-0.1, -0.05) is 11.6 Å². The molecule has 0 aromatic heterocycles. The molecule has 0 aromatic rings. The molecule has 11 heavy (non-hydrogen) atoms. The van der Waals surface area contributed by atoms with Crippen molar-refractivity contribution in [3.8, 4) is 0 Å². The zero-order valence-corrected chi connectivity index (χ0v) is 7.59. The van der Waals surface area contributed by atoms with Crippen molar-refractivity contribution in [3.05, 3.63) is 11.6 Å². The maximum Gasteiger partial charge on any atom is 0.0614 e. The van der Waals surface area contributed by atoms with Crippen LogP contribution in [0.5, 0.6) is 0 Å². The Morgan fingerprint density at radius 3 is 2.36 bits per heavy atom. The molecule has 2 N–H and O–H groups in total. The molecule has 0 aliphatic rings. The molecule has 0 unspecified atom stereocenters. The van der Waals surface area contributed by atoms with E-state index in [4.69, 9.17) is 5.11 Å². The molecule has 0 saturated heterocycles. The van der Waals surface area contributed by atoms with Crippen LogP contribution in [0, 0.1) is 0 Å². The van der Waals surface area contributed by atoms with Gasteiger partial charge in [-0.2, -0.15) is 0 Å². The molecule has 0 radical (unpaired) electrons. The van der Waals surface area contributed by atoms with Crippen LogP contribution < -0.4 is 0 Å². The number of aliphatic hydroxyl groups excluding tert-OH is 1. The van der Waals surface area contributed by atoms with E-state index in [0.717, 1.165) is 18.4 Å². The van der Waals surface area contributed by atoms with E-state index in [0.29, 0.717) is 0 Å². The second-order valence-corrected chi connectivity index (χ2v) is 3.55. The Bertz CT molecular complexity index is 131. The first-order valence-electron chi connectivity index (χ1n) is 3.94. The standard InChI is InChI=1S/C9H18O2/c1-8(5-7-10)4-6-9(2,3)11/h5,10-11H,4,6-7H2,1-3H3/b8-5+. The van der Waals surface area contributed by atoms with Crippen molar-refractivity contribution >= 4 is 0 Å². The molecule has 0 spiro atoms. The number of rotatable bonds is 4. The zero-order valence-electron chi connectivity index (χ0n) is 7.59. The highest BCUT2D eigenvalue weighted by Gasteiger charge is 2.11. The van der Waals surface area contributed by atoms with Gasteiger partial charge >= 0.3 is 0 Å². The van der Waals surface area contributed by atoms with Crippen molar-refractivity contribution in [2.45, 2.75) is 39.2 Å². The Morgan fingerprint density at radius 2 is 2.00 bits per heavy atom. The molecule has 0 aliphatic carbocycles. The molecule has 2 nitrogen and oxygen atoms in total. The predicted molar refractivity (Wildman–Crippen MR) is 46.4 cm³/mol. The monoisotopic (exact) mass is 158 g/mol. The maximum absolute atomic E-state index is 9.35. The molecular formula is C9H18O2. The molecule has 0 bridgehead atoms. The lowest BCUT2D eigenvalue weighted by Crippen LogP contribution is -2.17. The molecule has 66 valence electrons.